The summed E-state index contributed by atoms with van der Waals surface area (Å²) in [5, 5.41) is 3.40. The molecule has 33 heavy (non-hydrogen) atoms. The maximum Gasteiger partial charge on any atom is 0.238 e. The first-order chi connectivity index (χ1) is 16.0. The molecular weight excluding hydrogens is 458 g/mol. The Hall–Kier alpha value is -3.29. The Bertz CT molecular complexity index is 1150. The third-order valence-electron chi connectivity index (χ3n) is 5.02. The van der Waals surface area contributed by atoms with Gasteiger partial charge in [0.2, 0.25) is 11.8 Å². The van der Waals surface area contributed by atoms with Crippen LogP contribution in [0, 0.1) is 0 Å². The van der Waals surface area contributed by atoms with Gasteiger partial charge < -0.3 is 10.1 Å². The normalized spacial score (nSPS) is 17.2. The molecule has 4 rings (SSSR count). The smallest absolute Gasteiger partial charge is 0.238 e. The molecule has 168 valence electrons. The Kier molecular flexibility index (Phi) is 7.32. The molecule has 1 aliphatic rings. The number of carbonyl (C=O) groups is 2. The molecule has 3 aromatic rings. The van der Waals surface area contributed by atoms with E-state index in [2.05, 4.69) is 5.32 Å². The quantitative estimate of drug-likeness (QED) is 0.506. The second-order valence-electron chi connectivity index (χ2n) is 7.36. The van der Waals surface area contributed by atoms with Crippen LogP contribution in [0.2, 0.25) is 5.02 Å². The van der Waals surface area contributed by atoms with Gasteiger partial charge in [0.25, 0.3) is 0 Å². The Morgan fingerprint density at radius 3 is 2.45 bits per heavy atom. The van der Waals surface area contributed by atoms with Gasteiger partial charge in [-0.15, -0.1) is 0 Å². The molecule has 6 nitrogen and oxygen atoms in total. The van der Waals surface area contributed by atoms with Crippen LogP contribution in [-0.2, 0) is 16.1 Å². The zero-order valence-electron chi connectivity index (χ0n) is 17.9. The fraction of sp³-hybridized carbons (Fsp3) is 0.160. The molecule has 0 bridgehead atoms. The van der Waals surface area contributed by atoms with Crippen LogP contribution in [0.25, 0.3) is 0 Å². The second-order valence-corrected chi connectivity index (χ2v) is 8.97. The summed E-state index contributed by atoms with van der Waals surface area (Å²) in [6.07, 6.45) is 0.0819. The number of methoxy groups -OCH3 is 1. The van der Waals surface area contributed by atoms with Crippen molar-refractivity contribution in [2.45, 2.75) is 18.2 Å². The van der Waals surface area contributed by atoms with Crippen molar-refractivity contribution >= 4 is 51.7 Å². The topological polar surface area (TPSA) is 71.0 Å². The largest absolute Gasteiger partial charge is 0.497 e. The molecule has 1 N–H and O–H groups in total. The van der Waals surface area contributed by atoms with E-state index in [1.54, 1.807) is 36.3 Å². The van der Waals surface area contributed by atoms with Gasteiger partial charge in [0.15, 0.2) is 5.17 Å². The molecule has 0 aromatic heterocycles. The van der Waals surface area contributed by atoms with Gasteiger partial charge in [-0.1, -0.05) is 53.7 Å². The third-order valence-corrected chi connectivity index (χ3v) is 6.46. The van der Waals surface area contributed by atoms with Crippen molar-refractivity contribution in [2.24, 2.45) is 4.99 Å². The molecule has 1 aliphatic heterocycles. The minimum atomic E-state index is -0.587. The van der Waals surface area contributed by atoms with Gasteiger partial charge in [-0.3, -0.25) is 14.5 Å². The number of amidine groups is 1. The van der Waals surface area contributed by atoms with E-state index in [4.69, 9.17) is 21.3 Å². The Balaban J connectivity index is 1.60. The number of benzene rings is 3. The van der Waals surface area contributed by atoms with Crippen molar-refractivity contribution in [3.8, 4) is 5.75 Å². The van der Waals surface area contributed by atoms with Crippen molar-refractivity contribution in [2.75, 3.05) is 12.4 Å². The zero-order chi connectivity index (χ0) is 23.2. The number of nitrogens with zero attached hydrogens (tertiary/aromatic N) is 2. The number of ether oxygens (including phenoxy) is 1. The van der Waals surface area contributed by atoms with Gasteiger partial charge in [0.1, 0.15) is 11.0 Å². The van der Waals surface area contributed by atoms with Gasteiger partial charge in [-0.05, 0) is 54.1 Å². The Morgan fingerprint density at radius 2 is 1.79 bits per heavy atom. The van der Waals surface area contributed by atoms with Crippen LogP contribution >= 0.6 is 23.4 Å². The van der Waals surface area contributed by atoms with Crippen LogP contribution in [0.4, 0.5) is 11.4 Å². The zero-order valence-corrected chi connectivity index (χ0v) is 19.5. The standard InChI is InChI=1S/C25H22ClN3O3S/c1-32-21-13-11-20(12-14-21)28-25-29(16-17-7-9-18(26)10-8-17)23(30)15-22(33-25)24(31)27-19-5-3-2-4-6-19/h2-14,22H,15-16H2,1H3,(H,27,31). The van der Waals surface area contributed by atoms with E-state index in [0.717, 1.165) is 5.56 Å². The molecule has 1 unspecified atom stereocenters. The molecule has 1 heterocycles. The first-order valence-electron chi connectivity index (χ1n) is 10.3. The molecule has 0 saturated carbocycles. The highest BCUT2D eigenvalue weighted by atomic mass is 35.5. The van der Waals surface area contributed by atoms with Crippen molar-refractivity contribution in [1.29, 1.82) is 0 Å². The lowest BCUT2D eigenvalue weighted by Gasteiger charge is -2.32. The minimum Gasteiger partial charge on any atom is -0.497 e. The number of hydrogen-bond donors (Lipinski definition) is 1. The molecule has 0 spiro atoms. The number of hydrogen-bond acceptors (Lipinski definition) is 5. The van der Waals surface area contributed by atoms with E-state index in [-0.39, 0.29) is 18.2 Å². The molecular formula is C25H22ClN3O3S. The van der Waals surface area contributed by atoms with E-state index in [9.17, 15) is 9.59 Å². The highest BCUT2D eigenvalue weighted by Crippen LogP contribution is 2.31. The fourth-order valence-corrected chi connectivity index (χ4v) is 4.50. The summed E-state index contributed by atoms with van der Waals surface area (Å²) in [5.41, 5.74) is 2.27. The first-order valence-corrected chi connectivity index (χ1v) is 11.6. The Labute approximate surface area is 201 Å². The number of para-hydroxylation sites is 1. The number of amides is 2. The average Bonchev–Trinajstić information content (AvgIpc) is 2.83. The van der Waals surface area contributed by atoms with Crippen LogP contribution < -0.4 is 10.1 Å². The van der Waals surface area contributed by atoms with Crippen LogP contribution in [0.1, 0.15) is 12.0 Å². The summed E-state index contributed by atoms with van der Waals surface area (Å²) >= 11 is 7.28. The van der Waals surface area contributed by atoms with Crippen LogP contribution in [-0.4, -0.2) is 34.2 Å². The number of aliphatic imine (C=N–C) groups is 1. The Morgan fingerprint density at radius 1 is 1.09 bits per heavy atom. The van der Waals surface area contributed by atoms with Crippen molar-refractivity contribution in [3.05, 3.63) is 89.4 Å². The van der Waals surface area contributed by atoms with E-state index in [1.807, 2.05) is 54.6 Å². The van der Waals surface area contributed by atoms with Crippen molar-refractivity contribution < 1.29 is 14.3 Å². The van der Waals surface area contributed by atoms with Crippen LogP contribution in [0.3, 0.4) is 0 Å². The molecule has 1 fully saturated rings. The van der Waals surface area contributed by atoms with Gasteiger partial charge in [-0.2, -0.15) is 0 Å². The molecule has 1 saturated heterocycles. The summed E-state index contributed by atoms with van der Waals surface area (Å²) in [5.74, 6) is 0.321. The predicted octanol–water partition coefficient (Wildman–Crippen LogP) is 5.51. The lowest BCUT2D eigenvalue weighted by molar-refractivity contribution is -0.129. The van der Waals surface area contributed by atoms with E-state index in [0.29, 0.717) is 33.9 Å². The molecule has 0 radical (unpaired) electrons. The number of nitrogens with one attached hydrogen (secondary N) is 1. The lowest BCUT2D eigenvalue weighted by atomic mass is 10.2. The van der Waals surface area contributed by atoms with Crippen LogP contribution in [0.5, 0.6) is 5.75 Å². The van der Waals surface area contributed by atoms with Gasteiger partial charge >= 0.3 is 0 Å². The molecule has 0 aliphatic carbocycles. The van der Waals surface area contributed by atoms with Gasteiger partial charge in [-0.25, -0.2) is 4.99 Å². The summed E-state index contributed by atoms with van der Waals surface area (Å²) < 4.78 is 5.21. The van der Waals surface area contributed by atoms with E-state index in [1.165, 1.54) is 11.8 Å². The van der Waals surface area contributed by atoms with E-state index >= 15 is 0 Å². The maximum atomic E-state index is 13.1. The monoisotopic (exact) mass is 479 g/mol. The number of halogens is 1. The fourth-order valence-electron chi connectivity index (χ4n) is 3.28. The molecule has 3 aromatic carbocycles. The second kappa shape index (κ2) is 10.6. The number of carbonyl (C=O) groups excluding carboxylic acids is 2. The van der Waals surface area contributed by atoms with E-state index < -0.39 is 5.25 Å². The van der Waals surface area contributed by atoms with Gasteiger partial charge in [0, 0.05) is 17.1 Å². The summed E-state index contributed by atoms with van der Waals surface area (Å²) in [4.78, 5) is 32.4. The highest BCUT2D eigenvalue weighted by molar-refractivity contribution is 8.15. The van der Waals surface area contributed by atoms with Crippen molar-refractivity contribution in [3.63, 3.8) is 0 Å². The number of rotatable bonds is 6. The van der Waals surface area contributed by atoms with Crippen molar-refractivity contribution in [1.82, 2.24) is 4.90 Å². The molecule has 1 atom stereocenters. The third kappa shape index (κ3) is 5.94. The predicted molar refractivity (Wildman–Crippen MR) is 133 cm³/mol. The van der Waals surface area contributed by atoms with Gasteiger partial charge in [0.05, 0.1) is 19.3 Å². The number of thioether (sulfide) groups is 1. The molecule has 2 amide bonds. The number of anilines is 1. The molecule has 8 heteroatoms. The van der Waals surface area contributed by atoms with Crippen LogP contribution in [0.15, 0.2) is 83.9 Å². The first kappa shape index (κ1) is 22.9. The summed E-state index contributed by atoms with van der Waals surface area (Å²) in [6.45, 7) is 0.338. The average molecular weight is 480 g/mol. The minimum absolute atomic E-state index is 0.0819. The lowest BCUT2D eigenvalue weighted by Crippen LogP contribution is -2.44. The maximum absolute atomic E-state index is 13.1. The summed E-state index contributed by atoms with van der Waals surface area (Å²) in [6, 6.07) is 23.7. The highest BCUT2D eigenvalue weighted by Gasteiger charge is 2.36. The SMILES string of the molecule is COc1ccc(N=C2SC(C(=O)Nc3ccccc3)CC(=O)N2Cc2ccc(Cl)cc2)cc1. The summed E-state index contributed by atoms with van der Waals surface area (Å²) in [7, 11) is 1.60.